The SMILES string of the molecule is CN1C2=C(CCC=C2)C(C)(C)/C1=C\c1c(O)c(=O)c1=O. The molecule has 104 valence electrons. The van der Waals surface area contributed by atoms with Gasteiger partial charge in [-0.05, 0) is 30.6 Å². The summed E-state index contributed by atoms with van der Waals surface area (Å²) in [6.07, 6.45) is 7.92. The predicted molar refractivity (Wildman–Crippen MR) is 77.9 cm³/mol. The summed E-state index contributed by atoms with van der Waals surface area (Å²) in [6, 6.07) is 0. The van der Waals surface area contributed by atoms with Crippen LogP contribution in [0.4, 0.5) is 0 Å². The Morgan fingerprint density at radius 3 is 2.60 bits per heavy atom. The quantitative estimate of drug-likeness (QED) is 0.793. The number of nitrogens with zero attached hydrogens (tertiary/aromatic N) is 1. The maximum absolute atomic E-state index is 11.5. The Labute approximate surface area is 117 Å². The fraction of sp³-hybridized carbons (Fsp3) is 0.375. The van der Waals surface area contributed by atoms with E-state index in [2.05, 4.69) is 26.0 Å². The second-order valence-electron chi connectivity index (χ2n) is 5.94. The van der Waals surface area contributed by atoms with Gasteiger partial charge >= 0.3 is 0 Å². The van der Waals surface area contributed by atoms with Crippen LogP contribution in [0.3, 0.4) is 0 Å². The maximum Gasteiger partial charge on any atom is 0.268 e. The Kier molecular flexibility index (Phi) is 2.55. The van der Waals surface area contributed by atoms with Gasteiger partial charge in [0.15, 0.2) is 5.75 Å². The van der Waals surface area contributed by atoms with Crippen LogP contribution in [0.1, 0.15) is 32.3 Å². The zero-order valence-corrected chi connectivity index (χ0v) is 11.9. The number of aromatic hydroxyl groups is 1. The summed E-state index contributed by atoms with van der Waals surface area (Å²) in [4.78, 5) is 24.7. The summed E-state index contributed by atoms with van der Waals surface area (Å²) in [5.41, 5.74) is 2.00. The Hall–Kier alpha value is -2.10. The molecule has 0 amide bonds. The van der Waals surface area contributed by atoms with E-state index in [-0.39, 0.29) is 11.0 Å². The summed E-state index contributed by atoms with van der Waals surface area (Å²) >= 11 is 0. The van der Waals surface area contributed by atoms with E-state index in [1.54, 1.807) is 6.08 Å². The maximum atomic E-state index is 11.5. The van der Waals surface area contributed by atoms with E-state index in [1.165, 1.54) is 5.57 Å². The van der Waals surface area contributed by atoms with Crippen molar-refractivity contribution in [1.82, 2.24) is 4.90 Å². The molecule has 1 aliphatic heterocycles. The van der Waals surface area contributed by atoms with Crippen molar-refractivity contribution in [2.24, 2.45) is 5.41 Å². The molecule has 4 nitrogen and oxygen atoms in total. The third-order valence-electron chi connectivity index (χ3n) is 4.47. The van der Waals surface area contributed by atoms with Crippen molar-refractivity contribution in [1.29, 1.82) is 0 Å². The van der Waals surface area contributed by atoms with Gasteiger partial charge in [0, 0.05) is 23.9 Å². The van der Waals surface area contributed by atoms with Gasteiger partial charge in [0.1, 0.15) is 0 Å². The molecular weight excluding hydrogens is 254 g/mol. The Morgan fingerprint density at radius 2 is 2.00 bits per heavy atom. The standard InChI is InChI=1S/C16H17NO3/c1-16(2)10-6-4-5-7-11(10)17(3)12(16)8-9-13(18)15(20)14(9)19/h5,7-8,18H,4,6H2,1-3H3/b12-8+. The van der Waals surface area contributed by atoms with Crippen LogP contribution >= 0.6 is 0 Å². The lowest BCUT2D eigenvalue weighted by molar-refractivity contribution is 0.442. The van der Waals surface area contributed by atoms with Crippen LogP contribution in [0.25, 0.3) is 6.08 Å². The van der Waals surface area contributed by atoms with Gasteiger partial charge in [0.2, 0.25) is 5.43 Å². The van der Waals surface area contributed by atoms with Gasteiger partial charge in [0.05, 0.1) is 5.56 Å². The summed E-state index contributed by atoms with van der Waals surface area (Å²) in [7, 11) is 1.95. The summed E-state index contributed by atoms with van der Waals surface area (Å²) in [5.74, 6) is -0.410. The molecule has 2 aliphatic rings. The molecule has 0 aromatic heterocycles. The first kappa shape index (κ1) is 12.9. The summed E-state index contributed by atoms with van der Waals surface area (Å²) < 4.78 is 0. The van der Waals surface area contributed by atoms with Crippen molar-refractivity contribution in [3.63, 3.8) is 0 Å². The largest absolute Gasteiger partial charge is 0.504 e. The molecule has 0 fully saturated rings. The second-order valence-corrected chi connectivity index (χ2v) is 5.94. The highest BCUT2D eigenvalue weighted by Gasteiger charge is 2.40. The van der Waals surface area contributed by atoms with Crippen LogP contribution in [-0.4, -0.2) is 17.1 Å². The van der Waals surface area contributed by atoms with E-state index in [9.17, 15) is 14.7 Å². The predicted octanol–water partition coefficient (Wildman–Crippen LogP) is 1.90. The van der Waals surface area contributed by atoms with Gasteiger partial charge in [-0.1, -0.05) is 19.9 Å². The van der Waals surface area contributed by atoms with Crippen molar-refractivity contribution in [2.75, 3.05) is 7.05 Å². The molecule has 20 heavy (non-hydrogen) atoms. The third kappa shape index (κ3) is 1.48. The van der Waals surface area contributed by atoms with Crippen LogP contribution in [0.5, 0.6) is 5.75 Å². The third-order valence-corrected chi connectivity index (χ3v) is 4.47. The molecule has 1 aromatic carbocycles. The van der Waals surface area contributed by atoms with Crippen molar-refractivity contribution in [2.45, 2.75) is 26.7 Å². The van der Waals surface area contributed by atoms with Crippen molar-refractivity contribution < 1.29 is 5.11 Å². The zero-order valence-electron chi connectivity index (χ0n) is 11.9. The molecule has 0 saturated carbocycles. The van der Waals surface area contributed by atoms with Gasteiger partial charge in [-0.2, -0.15) is 0 Å². The minimum Gasteiger partial charge on any atom is -0.504 e. The van der Waals surface area contributed by atoms with E-state index in [4.69, 9.17) is 0 Å². The molecule has 0 atom stereocenters. The topological polar surface area (TPSA) is 57.6 Å². The second kappa shape index (κ2) is 3.95. The number of allylic oxidation sites excluding steroid dienone is 3. The van der Waals surface area contributed by atoms with E-state index < -0.39 is 16.6 Å². The number of hydrogen-bond donors (Lipinski definition) is 1. The van der Waals surface area contributed by atoms with Gasteiger partial charge in [-0.15, -0.1) is 0 Å². The fourth-order valence-corrected chi connectivity index (χ4v) is 3.25. The average molecular weight is 271 g/mol. The van der Waals surface area contributed by atoms with E-state index in [0.29, 0.717) is 0 Å². The van der Waals surface area contributed by atoms with Crippen molar-refractivity contribution in [3.8, 4) is 5.75 Å². The highest BCUT2D eigenvalue weighted by Crippen LogP contribution is 2.50. The average Bonchev–Trinajstić information content (AvgIpc) is 2.64. The molecule has 0 spiro atoms. The minimum atomic E-state index is -0.784. The van der Waals surface area contributed by atoms with E-state index >= 15 is 0 Å². The van der Waals surface area contributed by atoms with Crippen LogP contribution in [0, 0.1) is 5.41 Å². The summed E-state index contributed by atoms with van der Waals surface area (Å²) in [5, 5.41) is 9.54. The first-order chi connectivity index (χ1) is 9.35. The van der Waals surface area contributed by atoms with Gasteiger partial charge < -0.3 is 10.0 Å². The van der Waals surface area contributed by atoms with Gasteiger partial charge in [-0.25, -0.2) is 0 Å². The lowest BCUT2D eigenvalue weighted by Gasteiger charge is -2.27. The smallest absolute Gasteiger partial charge is 0.268 e. The minimum absolute atomic E-state index is 0.133. The molecule has 0 saturated heterocycles. The zero-order chi connectivity index (χ0) is 14.7. The van der Waals surface area contributed by atoms with Crippen LogP contribution in [-0.2, 0) is 0 Å². The molecule has 0 bridgehead atoms. The molecule has 1 aromatic rings. The molecule has 1 aliphatic carbocycles. The lowest BCUT2D eigenvalue weighted by atomic mass is 9.79. The number of rotatable bonds is 1. The Bertz CT molecular complexity index is 755. The van der Waals surface area contributed by atoms with E-state index in [1.807, 2.05) is 11.9 Å². The fourth-order valence-electron chi connectivity index (χ4n) is 3.25. The first-order valence-corrected chi connectivity index (χ1v) is 6.74. The highest BCUT2D eigenvalue weighted by atomic mass is 16.3. The molecular formula is C16H17NO3. The van der Waals surface area contributed by atoms with E-state index in [0.717, 1.165) is 24.2 Å². The van der Waals surface area contributed by atoms with Crippen LogP contribution < -0.4 is 10.9 Å². The molecule has 4 heteroatoms. The number of hydrogen-bond acceptors (Lipinski definition) is 4. The Balaban J connectivity index is 2.11. The van der Waals surface area contributed by atoms with Crippen LogP contribution in [0.2, 0.25) is 0 Å². The Morgan fingerprint density at radius 1 is 1.30 bits per heavy atom. The number of likely N-dealkylation sites (N-methyl/N-ethyl adjacent to an activating group) is 1. The highest BCUT2D eigenvalue weighted by molar-refractivity contribution is 5.66. The monoisotopic (exact) mass is 271 g/mol. The first-order valence-electron chi connectivity index (χ1n) is 6.74. The molecule has 1 N–H and O–H groups in total. The summed E-state index contributed by atoms with van der Waals surface area (Å²) in [6.45, 7) is 4.22. The molecule has 0 unspecified atom stereocenters. The van der Waals surface area contributed by atoms with Crippen LogP contribution in [0.15, 0.2) is 38.7 Å². The molecule has 0 radical (unpaired) electrons. The lowest BCUT2D eigenvalue weighted by Crippen LogP contribution is -2.33. The molecule has 3 rings (SSSR count). The molecule has 1 heterocycles. The normalized spacial score (nSPS) is 22.9. The van der Waals surface area contributed by atoms with Crippen molar-refractivity contribution in [3.05, 3.63) is 55.1 Å². The van der Waals surface area contributed by atoms with Crippen molar-refractivity contribution >= 4 is 6.08 Å². The van der Waals surface area contributed by atoms with Gasteiger partial charge in [0.25, 0.3) is 5.43 Å². The van der Waals surface area contributed by atoms with Gasteiger partial charge in [-0.3, -0.25) is 9.59 Å².